The molecule has 0 aliphatic carbocycles. The summed E-state index contributed by atoms with van der Waals surface area (Å²) in [6, 6.07) is 11.7. The molecule has 4 rings (SSSR count). The molecule has 2 aromatic heterocycles. The maximum absolute atomic E-state index is 13.1. The number of ether oxygens (including phenoxy) is 1. The molecule has 0 bridgehead atoms. The van der Waals surface area contributed by atoms with Crippen LogP contribution in [-0.4, -0.2) is 54.1 Å². The molecule has 0 saturated carbocycles. The van der Waals surface area contributed by atoms with Crippen molar-refractivity contribution in [2.75, 3.05) is 38.2 Å². The van der Waals surface area contributed by atoms with E-state index in [0.717, 1.165) is 29.8 Å². The Bertz CT molecular complexity index is 1010. The first-order valence-electron chi connectivity index (χ1n) is 9.70. The molecule has 3 heterocycles. The Labute approximate surface area is 170 Å². The number of benzene rings is 1. The molecule has 1 aromatic carbocycles. The van der Waals surface area contributed by atoms with Gasteiger partial charge in [0.1, 0.15) is 5.75 Å². The zero-order valence-corrected chi connectivity index (χ0v) is 16.7. The molecule has 0 N–H and O–H groups in total. The lowest BCUT2D eigenvalue weighted by molar-refractivity contribution is 0.0747. The molecule has 0 spiro atoms. The number of hydrogen-bond acceptors (Lipinski definition) is 5. The first-order valence-corrected chi connectivity index (χ1v) is 9.70. The van der Waals surface area contributed by atoms with Crippen molar-refractivity contribution in [3.8, 4) is 16.9 Å². The van der Waals surface area contributed by atoms with E-state index in [4.69, 9.17) is 4.74 Å². The molecule has 6 nitrogen and oxygen atoms in total. The highest BCUT2D eigenvalue weighted by Crippen LogP contribution is 2.25. The van der Waals surface area contributed by atoms with Gasteiger partial charge in [-0.1, -0.05) is 12.1 Å². The smallest absolute Gasteiger partial charge is 0.253 e. The standard InChI is InChI=1S/C23H24N4O2/c1-17-14-24-7-6-22(17)26-8-10-27(11-9-26)23(28)19-5-3-4-18(12-19)20-13-21(29-2)16-25-15-20/h3-7,12-16H,8-11H2,1-2H3. The molecule has 0 atom stereocenters. The summed E-state index contributed by atoms with van der Waals surface area (Å²) >= 11 is 0. The Morgan fingerprint density at radius 1 is 0.966 bits per heavy atom. The van der Waals surface area contributed by atoms with Crippen molar-refractivity contribution < 1.29 is 9.53 Å². The molecular formula is C23H24N4O2. The van der Waals surface area contributed by atoms with E-state index in [1.54, 1.807) is 19.5 Å². The predicted octanol–water partition coefficient (Wildman–Crippen LogP) is 3.42. The fourth-order valence-electron chi connectivity index (χ4n) is 3.67. The second-order valence-corrected chi connectivity index (χ2v) is 7.14. The van der Waals surface area contributed by atoms with Gasteiger partial charge in [-0.3, -0.25) is 14.8 Å². The Hall–Kier alpha value is -3.41. The van der Waals surface area contributed by atoms with Crippen LogP contribution < -0.4 is 9.64 Å². The molecule has 0 unspecified atom stereocenters. The van der Waals surface area contributed by atoms with Gasteiger partial charge in [0.2, 0.25) is 0 Å². The van der Waals surface area contributed by atoms with Crippen LogP contribution in [0.4, 0.5) is 5.69 Å². The fourth-order valence-corrected chi connectivity index (χ4v) is 3.67. The highest BCUT2D eigenvalue weighted by atomic mass is 16.5. The number of carbonyl (C=O) groups excluding carboxylic acids is 1. The van der Waals surface area contributed by atoms with Gasteiger partial charge < -0.3 is 14.5 Å². The van der Waals surface area contributed by atoms with E-state index in [9.17, 15) is 4.79 Å². The predicted molar refractivity (Wildman–Crippen MR) is 113 cm³/mol. The first kappa shape index (κ1) is 18.9. The highest BCUT2D eigenvalue weighted by molar-refractivity contribution is 5.95. The van der Waals surface area contributed by atoms with Crippen LogP contribution in [0.25, 0.3) is 11.1 Å². The van der Waals surface area contributed by atoms with Crippen LogP contribution in [0.2, 0.25) is 0 Å². The Morgan fingerprint density at radius 2 is 1.79 bits per heavy atom. The number of piperazine rings is 1. The molecule has 1 amide bonds. The van der Waals surface area contributed by atoms with Crippen LogP contribution in [0.5, 0.6) is 5.75 Å². The molecule has 6 heteroatoms. The molecule has 1 aliphatic rings. The van der Waals surface area contributed by atoms with Gasteiger partial charge in [0.15, 0.2) is 0 Å². The lowest BCUT2D eigenvalue weighted by atomic mass is 10.0. The summed E-state index contributed by atoms with van der Waals surface area (Å²) in [5, 5.41) is 0. The van der Waals surface area contributed by atoms with Crippen LogP contribution in [0.15, 0.2) is 61.2 Å². The number of anilines is 1. The Balaban J connectivity index is 1.47. The minimum Gasteiger partial charge on any atom is -0.495 e. The Kier molecular flexibility index (Phi) is 5.42. The van der Waals surface area contributed by atoms with Gasteiger partial charge in [-0.15, -0.1) is 0 Å². The topological polar surface area (TPSA) is 58.6 Å². The average Bonchev–Trinajstić information content (AvgIpc) is 2.79. The van der Waals surface area contributed by atoms with Crippen LogP contribution in [0, 0.1) is 6.92 Å². The molecule has 1 saturated heterocycles. The monoisotopic (exact) mass is 388 g/mol. The highest BCUT2D eigenvalue weighted by Gasteiger charge is 2.23. The summed E-state index contributed by atoms with van der Waals surface area (Å²) in [6.07, 6.45) is 7.15. The third kappa shape index (κ3) is 4.06. The molecular weight excluding hydrogens is 364 g/mol. The van der Waals surface area contributed by atoms with Crippen molar-refractivity contribution in [1.82, 2.24) is 14.9 Å². The number of pyridine rings is 2. The van der Waals surface area contributed by atoms with Crippen LogP contribution in [0.3, 0.4) is 0 Å². The molecule has 3 aromatic rings. The van der Waals surface area contributed by atoms with E-state index in [-0.39, 0.29) is 5.91 Å². The van der Waals surface area contributed by atoms with Crippen LogP contribution >= 0.6 is 0 Å². The number of aromatic nitrogens is 2. The Morgan fingerprint density at radius 3 is 2.55 bits per heavy atom. The fraction of sp³-hybridized carbons (Fsp3) is 0.261. The van der Waals surface area contributed by atoms with E-state index in [1.165, 1.54) is 5.69 Å². The normalized spacial score (nSPS) is 14.0. The quantitative estimate of drug-likeness (QED) is 0.685. The maximum atomic E-state index is 13.1. The third-order valence-corrected chi connectivity index (χ3v) is 5.29. The lowest BCUT2D eigenvalue weighted by Crippen LogP contribution is -2.49. The number of nitrogens with zero attached hydrogens (tertiary/aromatic N) is 4. The van der Waals surface area contributed by atoms with Crippen molar-refractivity contribution in [1.29, 1.82) is 0 Å². The molecule has 29 heavy (non-hydrogen) atoms. The van der Waals surface area contributed by atoms with Gasteiger partial charge in [-0.05, 0) is 42.3 Å². The number of hydrogen-bond donors (Lipinski definition) is 0. The number of amides is 1. The summed E-state index contributed by atoms with van der Waals surface area (Å²) in [5.74, 6) is 0.760. The maximum Gasteiger partial charge on any atom is 0.253 e. The van der Waals surface area contributed by atoms with Crippen molar-refractivity contribution >= 4 is 11.6 Å². The van der Waals surface area contributed by atoms with Crippen molar-refractivity contribution in [2.24, 2.45) is 0 Å². The third-order valence-electron chi connectivity index (χ3n) is 5.29. The summed E-state index contributed by atoms with van der Waals surface area (Å²) in [4.78, 5) is 25.7. The second kappa shape index (κ2) is 8.31. The van der Waals surface area contributed by atoms with Gasteiger partial charge in [0.05, 0.1) is 13.3 Å². The number of carbonyl (C=O) groups is 1. The lowest BCUT2D eigenvalue weighted by Gasteiger charge is -2.36. The van der Waals surface area contributed by atoms with E-state index in [1.807, 2.05) is 53.7 Å². The number of methoxy groups -OCH3 is 1. The summed E-state index contributed by atoms with van der Waals surface area (Å²) < 4.78 is 5.26. The largest absolute Gasteiger partial charge is 0.495 e. The van der Waals surface area contributed by atoms with E-state index in [2.05, 4.69) is 21.8 Å². The van der Waals surface area contributed by atoms with Crippen molar-refractivity contribution in [3.63, 3.8) is 0 Å². The molecule has 1 fully saturated rings. The number of aryl methyl sites for hydroxylation is 1. The minimum absolute atomic E-state index is 0.0637. The van der Waals surface area contributed by atoms with E-state index < -0.39 is 0 Å². The van der Waals surface area contributed by atoms with Crippen LogP contribution in [-0.2, 0) is 0 Å². The zero-order valence-electron chi connectivity index (χ0n) is 16.7. The van der Waals surface area contributed by atoms with E-state index >= 15 is 0 Å². The summed E-state index contributed by atoms with van der Waals surface area (Å²) in [6.45, 7) is 5.10. The average molecular weight is 388 g/mol. The van der Waals surface area contributed by atoms with E-state index in [0.29, 0.717) is 24.4 Å². The summed E-state index contributed by atoms with van der Waals surface area (Å²) in [7, 11) is 1.62. The molecule has 148 valence electrons. The molecule has 0 radical (unpaired) electrons. The van der Waals surface area contributed by atoms with Crippen LogP contribution in [0.1, 0.15) is 15.9 Å². The second-order valence-electron chi connectivity index (χ2n) is 7.14. The van der Waals surface area contributed by atoms with Gasteiger partial charge in [-0.25, -0.2) is 0 Å². The molecule has 1 aliphatic heterocycles. The SMILES string of the molecule is COc1cncc(-c2cccc(C(=O)N3CCN(c4ccncc4C)CC3)c2)c1. The van der Waals surface area contributed by atoms with Gasteiger partial charge >= 0.3 is 0 Å². The van der Waals surface area contributed by atoms with Gasteiger partial charge in [0.25, 0.3) is 5.91 Å². The number of rotatable bonds is 4. The van der Waals surface area contributed by atoms with Gasteiger partial charge in [0, 0.05) is 61.6 Å². The van der Waals surface area contributed by atoms with Crippen molar-refractivity contribution in [3.05, 3.63) is 72.3 Å². The van der Waals surface area contributed by atoms with Crippen molar-refractivity contribution in [2.45, 2.75) is 6.92 Å². The van der Waals surface area contributed by atoms with Gasteiger partial charge in [-0.2, -0.15) is 0 Å². The minimum atomic E-state index is 0.0637. The summed E-state index contributed by atoms with van der Waals surface area (Å²) in [5.41, 5.74) is 4.93. The zero-order chi connectivity index (χ0) is 20.2. The first-order chi connectivity index (χ1) is 14.2.